The Bertz CT molecular complexity index is 730. The molecule has 1 unspecified atom stereocenters. The van der Waals surface area contributed by atoms with Crippen LogP contribution in [0.3, 0.4) is 0 Å². The van der Waals surface area contributed by atoms with E-state index in [4.69, 9.17) is 23.2 Å². The molecule has 0 saturated carbocycles. The first-order valence-corrected chi connectivity index (χ1v) is 9.05. The van der Waals surface area contributed by atoms with E-state index in [0.29, 0.717) is 10.0 Å². The summed E-state index contributed by atoms with van der Waals surface area (Å²) in [4.78, 5) is 14.4. The summed E-state index contributed by atoms with van der Waals surface area (Å²) in [5, 5.41) is 1.40. The van der Waals surface area contributed by atoms with E-state index in [2.05, 4.69) is 0 Å². The topological polar surface area (TPSA) is 20.3 Å². The molecule has 1 fully saturated rings. The number of thioether (sulfide) groups is 1. The molecule has 1 atom stereocenters. The number of hydrogen-bond acceptors (Lipinski definition) is 2. The van der Waals surface area contributed by atoms with Gasteiger partial charge in [-0.3, -0.25) is 4.79 Å². The lowest BCUT2D eigenvalue weighted by molar-refractivity contribution is -0.126. The fraction of sp³-hybridized carbons (Fsp3) is 0.167. The van der Waals surface area contributed by atoms with Crippen molar-refractivity contribution in [1.82, 2.24) is 4.90 Å². The van der Waals surface area contributed by atoms with Crippen molar-refractivity contribution in [2.45, 2.75) is 5.37 Å². The van der Waals surface area contributed by atoms with Gasteiger partial charge in [0.25, 0.3) is 0 Å². The zero-order valence-corrected chi connectivity index (χ0v) is 14.6. The number of hydrogen-bond donors (Lipinski definition) is 0. The molecule has 0 aromatic heterocycles. The Morgan fingerprint density at radius 3 is 2.65 bits per heavy atom. The number of carbonyl (C=O) groups is 1. The molecule has 0 spiro atoms. The van der Waals surface area contributed by atoms with E-state index in [1.165, 1.54) is 0 Å². The van der Waals surface area contributed by atoms with Crippen LogP contribution in [0.25, 0.3) is 6.08 Å². The lowest BCUT2D eigenvalue weighted by atomic mass is 10.2. The Morgan fingerprint density at radius 1 is 1.13 bits per heavy atom. The number of benzene rings is 2. The molecule has 2 aromatic rings. The van der Waals surface area contributed by atoms with Gasteiger partial charge in [0.2, 0.25) is 5.91 Å². The minimum atomic E-state index is 0.00919. The van der Waals surface area contributed by atoms with Gasteiger partial charge in [-0.25, -0.2) is 0 Å². The van der Waals surface area contributed by atoms with E-state index in [1.54, 1.807) is 17.8 Å². The van der Waals surface area contributed by atoms with Crippen LogP contribution in [-0.2, 0) is 4.79 Å². The SMILES string of the molecule is O=C(/C=C/c1ccc(Cl)cc1)N1CCSC1c1cccc(Cl)c1. The van der Waals surface area contributed by atoms with Gasteiger partial charge in [-0.05, 0) is 41.5 Å². The van der Waals surface area contributed by atoms with Gasteiger partial charge in [0.15, 0.2) is 0 Å². The summed E-state index contributed by atoms with van der Waals surface area (Å²) in [6, 6.07) is 15.1. The summed E-state index contributed by atoms with van der Waals surface area (Å²) >= 11 is 13.7. The molecule has 0 aliphatic carbocycles. The van der Waals surface area contributed by atoms with Crippen molar-refractivity contribution in [3.63, 3.8) is 0 Å². The average Bonchev–Trinajstić information content (AvgIpc) is 3.04. The van der Waals surface area contributed by atoms with Crippen LogP contribution in [0, 0.1) is 0 Å². The molecule has 1 aliphatic heterocycles. The Labute approximate surface area is 150 Å². The Hall–Kier alpha value is -1.42. The minimum absolute atomic E-state index is 0.00919. The van der Waals surface area contributed by atoms with Crippen molar-refractivity contribution in [3.8, 4) is 0 Å². The number of amides is 1. The fourth-order valence-corrected chi connectivity index (χ4v) is 4.05. The third-order valence-electron chi connectivity index (χ3n) is 3.60. The molecule has 118 valence electrons. The molecule has 1 heterocycles. The predicted molar refractivity (Wildman–Crippen MR) is 98.9 cm³/mol. The fourth-order valence-electron chi connectivity index (χ4n) is 2.47. The summed E-state index contributed by atoms with van der Waals surface area (Å²) < 4.78 is 0. The molecular weight excluding hydrogens is 349 g/mol. The van der Waals surface area contributed by atoms with Gasteiger partial charge in [0.05, 0.1) is 0 Å². The summed E-state index contributed by atoms with van der Waals surface area (Å²) in [5.74, 6) is 0.937. The molecule has 23 heavy (non-hydrogen) atoms. The summed E-state index contributed by atoms with van der Waals surface area (Å²) in [6.07, 6.45) is 3.43. The number of carbonyl (C=O) groups excluding carboxylic acids is 1. The maximum atomic E-state index is 12.5. The van der Waals surface area contributed by atoms with Crippen molar-refractivity contribution < 1.29 is 4.79 Å². The normalized spacial score (nSPS) is 17.8. The van der Waals surface area contributed by atoms with Gasteiger partial charge in [-0.2, -0.15) is 0 Å². The molecule has 1 amide bonds. The molecule has 5 heteroatoms. The van der Waals surface area contributed by atoms with Crippen LogP contribution in [0.5, 0.6) is 0 Å². The molecule has 2 aromatic carbocycles. The molecule has 3 rings (SSSR count). The first-order chi connectivity index (χ1) is 11.1. The van der Waals surface area contributed by atoms with Crippen molar-refractivity contribution in [1.29, 1.82) is 0 Å². The molecule has 1 aliphatic rings. The molecule has 1 saturated heterocycles. The third kappa shape index (κ3) is 4.11. The van der Waals surface area contributed by atoms with E-state index in [-0.39, 0.29) is 11.3 Å². The van der Waals surface area contributed by atoms with Gasteiger partial charge in [0, 0.05) is 28.4 Å². The molecule has 2 nitrogen and oxygen atoms in total. The van der Waals surface area contributed by atoms with Crippen molar-refractivity contribution in [2.24, 2.45) is 0 Å². The van der Waals surface area contributed by atoms with Gasteiger partial charge in [-0.1, -0.05) is 47.5 Å². The lowest BCUT2D eigenvalue weighted by Gasteiger charge is -2.23. The second-order valence-electron chi connectivity index (χ2n) is 5.19. The van der Waals surface area contributed by atoms with Gasteiger partial charge >= 0.3 is 0 Å². The lowest BCUT2D eigenvalue weighted by Crippen LogP contribution is -2.28. The van der Waals surface area contributed by atoms with Gasteiger partial charge in [-0.15, -0.1) is 11.8 Å². The number of rotatable bonds is 3. The average molecular weight is 364 g/mol. The molecule has 0 N–H and O–H groups in total. The highest BCUT2D eigenvalue weighted by Crippen LogP contribution is 2.38. The monoisotopic (exact) mass is 363 g/mol. The minimum Gasteiger partial charge on any atom is -0.322 e. The van der Waals surface area contributed by atoms with E-state index < -0.39 is 0 Å². The number of halogens is 2. The Balaban J connectivity index is 1.74. The first kappa shape index (κ1) is 16.4. The van der Waals surface area contributed by atoms with Crippen LogP contribution >= 0.6 is 35.0 Å². The third-order valence-corrected chi connectivity index (χ3v) is 5.34. The Kier molecular flexibility index (Phi) is 5.31. The molecule has 0 radical (unpaired) electrons. The van der Waals surface area contributed by atoms with E-state index in [0.717, 1.165) is 23.4 Å². The highest BCUT2D eigenvalue weighted by atomic mass is 35.5. The zero-order chi connectivity index (χ0) is 16.2. The standard InChI is InChI=1S/C18H15Cl2NOS/c19-15-7-4-13(5-8-15)6-9-17(22)21-10-11-23-18(21)14-2-1-3-16(20)12-14/h1-9,12,18H,10-11H2/b9-6+. The second-order valence-corrected chi connectivity index (χ2v) is 7.26. The van der Waals surface area contributed by atoms with Crippen molar-refractivity contribution >= 4 is 46.9 Å². The smallest absolute Gasteiger partial charge is 0.247 e. The summed E-state index contributed by atoms with van der Waals surface area (Å²) in [6.45, 7) is 0.742. The molecular formula is C18H15Cl2NOS. The van der Waals surface area contributed by atoms with Crippen molar-refractivity contribution in [2.75, 3.05) is 12.3 Å². The predicted octanol–water partition coefficient (Wildman–Crippen LogP) is 5.28. The van der Waals surface area contributed by atoms with Crippen LogP contribution in [0.15, 0.2) is 54.6 Å². The van der Waals surface area contributed by atoms with Gasteiger partial charge < -0.3 is 4.90 Å². The zero-order valence-electron chi connectivity index (χ0n) is 12.3. The quantitative estimate of drug-likeness (QED) is 0.691. The van der Waals surface area contributed by atoms with E-state index in [1.807, 2.05) is 59.5 Å². The van der Waals surface area contributed by atoms with Crippen LogP contribution in [-0.4, -0.2) is 23.1 Å². The summed E-state index contributed by atoms with van der Waals surface area (Å²) in [7, 11) is 0. The van der Waals surface area contributed by atoms with Crippen LogP contribution in [0.2, 0.25) is 10.0 Å². The van der Waals surface area contributed by atoms with Crippen LogP contribution < -0.4 is 0 Å². The molecule has 0 bridgehead atoms. The van der Waals surface area contributed by atoms with Crippen molar-refractivity contribution in [3.05, 3.63) is 75.8 Å². The number of nitrogens with zero attached hydrogens (tertiary/aromatic N) is 1. The van der Waals surface area contributed by atoms with Crippen LogP contribution in [0.4, 0.5) is 0 Å². The largest absolute Gasteiger partial charge is 0.322 e. The summed E-state index contributed by atoms with van der Waals surface area (Å²) in [5.41, 5.74) is 2.02. The maximum Gasteiger partial charge on any atom is 0.247 e. The second kappa shape index (κ2) is 7.43. The van der Waals surface area contributed by atoms with E-state index in [9.17, 15) is 4.79 Å². The maximum absolute atomic E-state index is 12.5. The highest BCUT2D eigenvalue weighted by molar-refractivity contribution is 7.99. The van der Waals surface area contributed by atoms with Crippen LogP contribution in [0.1, 0.15) is 16.5 Å². The highest BCUT2D eigenvalue weighted by Gasteiger charge is 2.29. The first-order valence-electron chi connectivity index (χ1n) is 7.25. The van der Waals surface area contributed by atoms with E-state index >= 15 is 0 Å². The van der Waals surface area contributed by atoms with Gasteiger partial charge in [0.1, 0.15) is 5.37 Å². The Morgan fingerprint density at radius 2 is 1.91 bits per heavy atom.